The summed E-state index contributed by atoms with van der Waals surface area (Å²) in [4.78, 5) is 4.81. The molecule has 3 rings (SSSR count). The predicted molar refractivity (Wildman–Crippen MR) is 87.1 cm³/mol. The van der Waals surface area contributed by atoms with E-state index in [0.717, 1.165) is 16.7 Å². The molecule has 106 valence electrons. The van der Waals surface area contributed by atoms with Gasteiger partial charge in [-0.15, -0.1) is 0 Å². The number of aromatic nitrogens is 2. The Bertz CT molecular complexity index is 798. The normalized spacial score (nSPS) is 11.8. The van der Waals surface area contributed by atoms with Crippen LogP contribution < -0.4 is 4.57 Å². The second-order valence-corrected chi connectivity index (χ2v) is 6.56. The minimum absolute atomic E-state index is 0.148. The van der Waals surface area contributed by atoms with E-state index in [2.05, 4.69) is 75.0 Å². The van der Waals surface area contributed by atoms with E-state index in [1.165, 1.54) is 11.1 Å². The van der Waals surface area contributed by atoms with Gasteiger partial charge >= 0.3 is 0 Å². The van der Waals surface area contributed by atoms with Gasteiger partial charge in [0, 0.05) is 11.6 Å². The summed E-state index contributed by atoms with van der Waals surface area (Å²) < 4.78 is 2.14. The van der Waals surface area contributed by atoms with Crippen molar-refractivity contribution in [1.82, 2.24) is 4.98 Å². The molecule has 0 amide bonds. The number of fused-ring (bicyclic) bond motifs is 1. The van der Waals surface area contributed by atoms with Gasteiger partial charge in [-0.05, 0) is 23.1 Å². The van der Waals surface area contributed by atoms with Gasteiger partial charge in [0.25, 0.3) is 0 Å². The van der Waals surface area contributed by atoms with Crippen LogP contribution in [0.25, 0.3) is 22.3 Å². The smallest absolute Gasteiger partial charge is 0.230 e. The number of hydrogen-bond acceptors (Lipinski definition) is 1. The maximum absolute atomic E-state index is 4.81. The molecule has 0 atom stereocenters. The highest BCUT2D eigenvalue weighted by molar-refractivity contribution is 5.73. The molecular weight excluding hydrogens is 256 g/mol. The molecule has 1 aromatic heterocycles. The minimum Gasteiger partial charge on any atom is -0.235 e. The van der Waals surface area contributed by atoms with E-state index in [0.29, 0.717) is 0 Å². The number of benzene rings is 2. The van der Waals surface area contributed by atoms with Crippen LogP contribution in [0.4, 0.5) is 0 Å². The Labute approximate surface area is 126 Å². The van der Waals surface area contributed by atoms with Gasteiger partial charge in [-0.1, -0.05) is 51.1 Å². The Balaban J connectivity index is 2.17. The third-order valence-corrected chi connectivity index (χ3v) is 3.84. The van der Waals surface area contributed by atoms with Gasteiger partial charge in [0.05, 0.1) is 0 Å². The van der Waals surface area contributed by atoms with E-state index >= 15 is 0 Å². The molecule has 0 saturated carbocycles. The van der Waals surface area contributed by atoms with Crippen LogP contribution >= 0.6 is 0 Å². The van der Waals surface area contributed by atoms with E-state index < -0.39 is 0 Å². The van der Waals surface area contributed by atoms with E-state index in [4.69, 9.17) is 4.98 Å². The molecule has 3 aromatic rings. The average molecular weight is 277 g/mol. The summed E-state index contributed by atoms with van der Waals surface area (Å²) in [5.74, 6) is 0. The first-order valence-corrected chi connectivity index (χ1v) is 7.31. The molecule has 0 unspecified atom stereocenters. The van der Waals surface area contributed by atoms with Crippen molar-refractivity contribution >= 4 is 11.0 Å². The zero-order valence-electron chi connectivity index (χ0n) is 13.1. The molecule has 0 aliphatic heterocycles. The highest BCUT2D eigenvalue weighted by Gasteiger charge is 2.16. The summed E-state index contributed by atoms with van der Waals surface area (Å²) in [7, 11) is 2.07. The molecule has 0 saturated heterocycles. The van der Waals surface area contributed by atoms with Gasteiger partial charge in [-0.25, -0.2) is 4.98 Å². The summed E-state index contributed by atoms with van der Waals surface area (Å²) >= 11 is 0. The van der Waals surface area contributed by atoms with Crippen LogP contribution in [0, 0.1) is 0 Å². The number of nitrogens with zero attached hydrogens (tertiary/aromatic N) is 2. The summed E-state index contributed by atoms with van der Waals surface area (Å²) in [6.45, 7) is 6.71. The second-order valence-electron chi connectivity index (χ2n) is 6.56. The molecule has 0 aliphatic rings. The van der Waals surface area contributed by atoms with Crippen molar-refractivity contribution in [3.8, 4) is 11.3 Å². The molecule has 0 fully saturated rings. The summed E-state index contributed by atoms with van der Waals surface area (Å²) in [6, 6.07) is 16.9. The predicted octanol–water partition coefficient (Wildman–Crippen LogP) is 4.02. The first kappa shape index (κ1) is 13.7. The number of hydrogen-bond donors (Lipinski definition) is 0. The molecule has 0 aliphatic carbocycles. The van der Waals surface area contributed by atoms with Crippen molar-refractivity contribution in [3.63, 3.8) is 0 Å². The fourth-order valence-corrected chi connectivity index (χ4v) is 2.55. The van der Waals surface area contributed by atoms with Crippen molar-refractivity contribution in [2.24, 2.45) is 7.05 Å². The van der Waals surface area contributed by atoms with E-state index in [9.17, 15) is 0 Å². The highest BCUT2D eigenvalue weighted by Crippen LogP contribution is 2.26. The lowest BCUT2D eigenvalue weighted by atomic mass is 9.86. The molecule has 0 N–H and O–H groups in total. The average Bonchev–Trinajstić information content (AvgIpc) is 2.46. The molecule has 0 radical (unpaired) electrons. The largest absolute Gasteiger partial charge is 0.235 e. The van der Waals surface area contributed by atoms with Crippen LogP contribution in [0.15, 0.2) is 54.7 Å². The van der Waals surface area contributed by atoms with Crippen molar-refractivity contribution in [1.29, 1.82) is 0 Å². The summed E-state index contributed by atoms with van der Waals surface area (Å²) in [5.41, 5.74) is 5.84. The molecule has 0 bridgehead atoms. The molecule has 2 aromatic carbocycles. The number of rotatable bonds is 1. The standard InChI is InChI=1S/C19H21N2/c1-19(2,3)15-9-7-8-14(12-15)17-13-21(4)18-11-6-5-10-16(18)20-17/h5-13H,1-4H3/q+1. The zero-order chi connectivity index (χ0) is 15.0. The Morgan fingerprint density at radius 2 is 1.71 bits per heavy atom. The van der Waals surface area contributed by atoms with Crippen LogP contribution in [0.5, 0.6) is 0 Å². The van der Waals surface area contributed by atoms with Gasteiger partial charge in [0.2, 0.25) is 5.52 Å². The zero-order valence-corrected chi connectivity index (χ0v) is 13.1. The Kier molecular flexibility index (Phi) is 3.25. The molecular formula is C19H21N2+. The third-order valence-electron chi connectivity index (χ3n) is 3.84. The monoisotopic (exact) mass is 277 g/mol. The Hall–Kier alpha value is -2.22. The second kappa shape index (κ2) is 4.96. The van der Waals surface area contributed by atoms with Gasteiger partial charge in [0.1, 0.15) is 18.3 Å². The fraction of sp³-hybridized carbons (Fsp3) is 0.263. The van der Waals surface area contributed by atoms with E-state index in [-0.39, 0.29) is 5.41 Å². The SMILES string of the molecule is C[n+]1cc(-c2cccc(C(C)(C)C)c2)nc2ccccc21. The highest BCUT2D eigenvalue weighted by atomic mass is 14.9. The first-order valence-electron chi connectivity index (χ1n) is 7.31. The maximum Gasteiger partial charge on any atom is 0.230 e. The number of aryl methyl sites for hydroxylation is 1. The Morgan fingerprint density at radius 3 is 2.48 bits per heavy atom. The van der Waals surface area contributed by atoms with Crippen LogP contribution in [0.1, 0.15) is 26.3 Å². The van der Waals surface area contributed by atoms with Gasteiger partial charge in [-0.2, -0.15) is 4.57 Å². The molecule has 1 heterocycles. The molecule has 0 spiro atoms. The van der Waals surface area contributed by atoms with Gasteiger partial charge in [-0.3, -0.25) is 0 Å². The third kappa shape index (κ3) is 2.66. The fourth-order valence-electron chi connectivity index (χ4n) is 2.55. The maximum atomic E-state index is 4.81. The van der Waals surface area contributed by atoms with Crippen LogP contribution in [-0.4, -0.2) is 4.98 Å². The van der Waals surface area contributed by atoms with Crippen molar-refractivity contribution in [3.05, 3.63) is 60.3 Å². The van der Waals surface area contributed by atoms with Gasteiger partial charge < -0.3 is 0 Å². The topological polar surface area (TPSA) is 16.8 Å². The summed E-state index contributed by atoms with van der Waals surface area (Å²) in [5, 5.41) is 0. The quantitative estimate of drug-likeness (QED) is 0.614. The van der Waals surface area contributed by atoms with Crippen molar-refractivity contribution in [2.45, 2.75) is 26.2 Å². The summed E-state index contributed by atoms with van der Waals surface area (Å²) in [6.07, 6.45) is 2.10. The lowest BCUT2D eigenvalue weighted by molar-refractivity contribution is -0.644. The first-order chi connectivity index (χ1) is 9.95. The van der Waals surface area contributed by atoms with Crippen LogP contribution in [-0.2, 0) is 12.5 Å². The van der Waals surface area contributed by atoms with E-state index in [1.807, 2.05) is 12.1 Å². The van der Waals surface area contributed by atoms with Crippen LogP contribution in [0.2, 0.25) is 0 Å². The van der Waals surface area contributed by atoms with Crippen molar-refractivity contribution in [2.75, 3.05) is 0 Å². The molecule has 2 nitrogen and oxygen atoms in total. The lowest BCUT2D eigenvalue weighted by Crippen LogP contribution is -2.29. The van der Waals surface area contributed by atoms with E-state index in [1.54, 1.807) is 0 Å². The number of para-hydroxylation sites is 2. The van der Waals surface area contributed by atoms with Gasteiger partial charge in [0.15, 0.2) is 6.20 Å². The van der Waals surface area contributed by atoms with Crippen LogP contribution in [0.3, 0.4) is 0 Å². The molecule has 21 heavy (non-hydrogen) atoms. The minimum atomic E-state index is 0.148. The molecule has 2 heteroatoms. The van der Waals surface area contributed by atoms with Crippen molar-refractivity contribution < 1.29 is 4.57 Å². The lowest BCUT2D eigenvalue weighted by Gasteiger charge is -2.19. The Morgan fingerprint density at radius 1 is 0.952 bits per heavy atom.